The number of hydrogen-bond donors (Lipinski definition) is 1. The molecule has 1 aliphatic rings. The van der Waals surface area contributed by atoms with Gasteiger partial charge in [-0.2, -0.15) is 0 Å². The second-order valence-corrected chi connectivity index (χ2v) is 9.00. The van der Waals surface area contributed by atoms with Crippen LogP contribution in [0.3, 0.4) is 0 Å². The van der Waals surface area contributed by atoms with Gasteiger partial charge in [0.25, 0.3) is 11.8 Å². The van der Waals surface area contributed by atoms with Gasteiger partial charge in [-0.1, -0.05) is 65.7 Å². The molecule has 0 unspecified atom stereocenters. The zero-order chi connectivity index (χ0) is 26.1. The van der Waals surface area contributed by atoms with E-state index in [4.69, 9.17) is 27.9 Å². The maximum Gasteiger partial charge on any atom is 0.335 e. The highest BCUT2D eigenvalue weighted by Gasteiger charge is 2.37. The Morgan fingerprint density at radius 3 is 2.51 bits per heavy atom. The number of nitrogens with one attached hydrogen (secondary N) is 1. The lowest BCUT2D eigenvalue weighted by molar-refractivity contribution is -0.122. The lowest BCUT2D eigenvalue weighted by Crippen LogP contribution is -2.54. The molecule has 4 aromatic rings. The molecule has 1 fully saturated rings. The zero-order valence-corrected chi connectivity index (χ0v) is 20.5. The number of carbonyl (C=O) groups is 3. The summed E-state index contributed by atoms with van der Waals surface area (Å²) in [7, 11) is 0. The van der Waals surface area contributed by atoms with Gasteiger partial charge in [0.2, 0.25) is 0 Å². The highest BCUT2D eigenvalue weighted by molar-refractivity contribution is 6.39. The van der Waals surface area contributed by atoms with Crippen molar-refractivity contribution in [3.63, 3.8) is 0 Å². The number of fused-ring (bicyclic) bond motifs is 1. The van der Waals surface area contributed by atoms with Gasteiger partial charge in [-0.3, -0.25) is 14.9 Å². The minimum atomic E-state index is -0.968. The van der Waals surface area contributed by atoms with Gasteiger partial charge in [0.15, 0.2) is 0 Å². The molecule has 6 nitrogen and oxygen atoms in total. The minimum Gasteiger partial charge on any atom is -0.488 e. The van der Waals surface area contributed by atoms with Crippen LogP contribution >= 0.6 is 23.2 Å². The molecular weight excluding hydrogens is 518 g/mol. The van der Waals surface area contributed by atoms with Crippen molar-refractivity contribution in [1.82, 2.24) is 5.32 Å². The fourth-order valence-corrected chi connectivity index (χ4v) is 4.46. The molecule has 0 aliphatic carbocycles. The highest BCUT2D eigenvalue weighted by atomic mass is 35.5. The molecule has 1 heterocycles. The van der Waals surface area contributed by atoms with Crippen LogP contribution in [0.1, 0.15) is 11.1 Å². The molecule has 4 aromatic carbocycles. The molecule has 37 heavy (non-hydrogen) atoms. The van der Waals surface area contributed by atoms with E-state index in [0.717, 1.165) is 16.4 Å². The lowest BCUT2D eigenvalue weighted by Gasteiger charge is -2.26. The molecule has 1 aliphatic heterocycles. The summed E-state index contributed by atoms with van der Waals surface area (Å²) in [6.45, 7) is 0.0958. The molecular formula is C28H17Cl2FN2O4. The first kappa shape index (κ1) is 24.5. The minimum absolute atomic E-state index is 0.00678. The van der Waals surface area contributed by atoms with Crippen LogP contribution in [0.2, 0.25) is 10.0 Å². The van der Waals surface area contributed by atoms with Crippen LogP contribution in [-0.2, 0) is 16.2 Å². The van der Waals surface area contributed by atoms with Gasteiger partial charge in [-0.25, -0.2) is 14.1 Å². The molecule has 0 spiro atoms. The van der Waals surface area contributed by atoms with E-state index < -0.39 is 23.7 Å². The predicted molar refractivity (Wildman–Crippen MR) is 140 cm³/mol. The van der Waals surface area contributed by atoms with E-state index in [0.29, 0.717) is 32.3 Å². The quantitative estimate of drug-likeness (QED) is 0.233. The van der Waals surface area contributed by atoms with Gasteiger partial charge in [-0.05, 0) is 53.2 Å². The van der Waals surface area contributed by atoms with E-state index in [1.54, 1.807) is 24.3 Å². The van der Waals surface area contributed by atoms with Crippen molar-refractivity contribution >= 4 is 63.6 Å². The molecule has 4 amide bonds. The standard InChI is InChI=1S/C28H17Cl2FN2O4/c29-18-10-8-17(24(30)12-18)15-37-25-11-9-16-4-1-2-7-21(16)22(25)14-23-26(34)32-28(36)33(27(23)35)20-6-3-5-19(31)13-20/h1-14H,15H2,(H,32,34,36)/b23-14+. The monoisotopic (exact) mass is 534 g/mol. The Kier molecular flexibility index (Phi) is 6.65. The predicted octanol–water partition coefficient (Wildman–Crippen LogP) is 6.53. The summed E-state index contributed by atoms with van der Waals surface area (Å²) < 4.78 is 19.9. The van der Waals surface area contributed by atoms with Crippen molar-refractivity contribution in [2.45, 2.75) is 6.61 Å². The van der Waals surface area contributed by atoms with Crippen molar-refractivity contribution in [2.75, 3.05) is 4.90 Å². The van der Waals surface area contributed by atoms with Crippen molar-refractivity contribution in [1.29, 1.82) is 0 Å². The molecule has 0 bridgehead atoms. The summed E-state index contributed by atoms with van der Waals surface area (Å²) in [6.07, 6.45) is 1.37. The average molecular weight is 535 g/mol. The molecule has 1 N–H and O–H groups in total. The summed E-state index contributed by atoms with van der Waals surface area (Å²) in [6, 6.07) is 20.0. The van der Waals surface area contributed by atoms with Crippen LogP contribution in [0.5, 0.6) is 5.75 Å². The van der Waals surface area contributed by atoms with Crippen molar-refractivity contribution in [3.05, 3.63) is 111 Å². The van der Waals surface area contributed by atoms with Gasteiger partial charge < -0.3 is 4.74 Å². The normalized spacial score (nSPS) is 14.8. The van der Waals surface area contributed by atoms with Gasteiger partial charge in [-0.15, -0.1) is 0 Å². The molecule has 9 heteroatoms. The third kappa shape index (κ3) is 4.91. The Labute approximate surface area is 220 Å². The fourth-order valence-electron chi connectivity index (χ4n) is 4.00. The first-order valence-electron chi connectivity index (χ1n) is 11.1. The number of nitrogens with zero attached hydrogens (tertiary/aromatic N) is 1. The Bertz CT molecular complexity index is 1620. The molecule has 0 atom stereocenters. The van der Waals surface area contributed by atoms with Crippen LogP contribution in [0.4, 0.5) is 14.9 Å². The summed E-state index contributed by atoms with van der Waals surface area (Å²) >= 11 is 12.3. The summed E-state index contributed by atoms with van der Waals surface area (Å²) in [5.74, 6) is -2.01. The molecule has 0 saturated carbocycles. The zero-order valence-electron chi connectivity index (χ0n) is 19.0. The number of anilines is 1. The van der Waals surface area contributed by atoms with Crippen molar-refractivity contribution in [2.24, 2.45) is 0 Å². The van der Waals surface area contributed by atoms with Crippen LogP contribution in [0, 0.1) is 5.82 Å². The number of urea groups is 1. The van der Waals surface area contributed by atoms with Crippen molar-refractivity contribution < 1.29 is 23.5 Å². The van der Waals surface area contributed by atoms with E-state index in [9.17, 15) is 18.8 Å². The number of hydrogen-bond acceptors (Lipinski definition) is 4. The summed E-state index contributed by atoms with van der Waals surface area (Å²) in [5.41, 5.74) is 0.824. The third-order valence-electron chi connectivity index (χ3n) is 5.79. The first-order chi connectivity index (χ1) is 17.8. The Hall–Kier alpha value is -4.20. The van der Waals surface area contributed by atoms with Crippen LogP contribution in [0.15, 0.2) is 84.4 Å². The average Bonchev–Trinajstić information content (AvgIpc) is 2.86. The van der Waals surface area contributed by atoms with E-state index in [2.05, 4.69) is 5.32 Å². The number of imide groups is 2. The van der Waals surface area contributed by atoms with Crippen LogP contribution < -0.4 is 15.0 Å². The maximum atomic E-state index is 13.8. The van der Waals surface area contributed by atoms with Gasteiger partial charge in [0, 0.05) is 21.2 Å². The maximum absolute atomic E-state index is 13.8. The Balaban J connectivity index is 1.58. The van der Waals surface area contributed by atoms with E-state index >= 15 is 0 Å². The molecule has 0 radical (unpaired) electrons. The molecule has 184 valence electrons. The fraction of sp³-hybridized carbons (Fsp3) is 0.0357. The van der Waals surface area contributed by atoms with Crippen LogP contribution in [0.25, 0.3) is 16.8 Å². The van der Waals surface area contributed by atoms with Gasteiger partial charge >= 0.3 is 6.03 Å². The molecule has 0 aromatic heterocycles. The molecule has 1 saturated heterocycles. The number of amides is 4. The number of benzene rings is 4. The van der Waals surface area contributed by atoms with Crippen molar-refractivity contribution in [3.8, 4) is 5.75 Å². The molecule has 5 rings (SSSR count). The summed E-state index contributed by atoms with van der Waals surface area (Å²) in [4.78, 5) is 39.3. The highest BCUT2D eigenvalue weighted by Crippen LogP contribution is 2.33. The summed E-state index contributed by atoms with van der Waals surface area (Å²) in [5, 5.41) is 4.62. The largest absolute Gasteiger partial charge is 0.488 e. The second kappa shape index (κ2) is 10.0. The lowest BCUT2D eigenvalue weighted by atomic mass is 9.99. The van der Waals surface area contributed by atoms with E-state index in [1.807, 2.05) is 30.3 Å². The number of carbonyl (C=O) groups excluding carboxylic acids is 3. The number of rotatable bonds is 5. The SMILES string of the molecule is O=C1NC(=O)N(c2cccc(F)c2)C(=O)/C1=C/c1c(OCc2ccc(Cl)cc2Cl)ccc2ccccc12. The number of halogens is 3. The Morgan fingerprint density at radius 2 is 1.73 bits per heavy atom. The number of ether oxygens (including phenoxy) is 1. The van der Waals surface area contributed by atoms with E-state index in [1.165, 1.54) is 24.3 Å². The Morgan fingerprint density at radius 1 is 0.919 bits per heavy atom. The van der Waals surface area contributed by atoms with Gasteiger partial charge in [0.05, 0.1) is 5.69 Å². The second-order valence-electron chi connectivity index (χ2n) is 8.16. The van der Waals surface area contributed by atoms with E-state index in [-0.39, 0.29) is 17.9 Å². The first-order valence-corrected chi connectivity index (χ1v) is 11.8. The number of barbiturate groups is 1. The van der Waals surface area contributed by atoms with Gasteiger partial charge in [0.1, 0.15) is 23.7 Å². The topological polar surface area (TPSA) is 75.7 Å². The van der Waals surface area contributed by atoms with Crippen LogP contribution in [-0.4, -0.2) is 17.8 Å². The third-order valence-corrected chi connectivity index (χ3v) is 6.37. The smallest absolute Gasteiger partial charge is 0.335 e.